The van der Waals surface area contributed by atoms with E-state index in [0.29, 0.717) is 16.5 Å². The van der Waals surface area contributed by atoms with E-state index in [1.807, 2.05) is 11.8 Å². The molecule has 0 spiro atoms. The molecule has 1 aliphatic heterocycles. The molecule has 0 radical (unpaired) electrons. The number of amides is 1. The van der Waals surface area contributed by atoms with Crippen molar-refractivity contribution < 1.29 is 4.79 Å². The number of hydrogen-bond acceptors (Lipinski definition) is 6. The Balaban J connectivity index is 2.00. The molecular formula is C9H14N4OS2. The lowest BCUT2D eigenvalue weighted by atomic mass is 10.1. The van der Waals surface area contributed by atoms with Gasteiger partial charge in [-0.05, 0) is 35.4 Å². The van der Waals surface area contributed by atoms with Gasteiger partial charge in [-0.3, -0.25) is 4.79 Å². The number of carbonyl (C=O) groups excluding carboxylic acids is 1. The molecule has 1 atom stereocenters. The van der Waals surface area contributed by atoms with Crippen LogP contribution in [0.3, 0.4) is 0 Å². The maximum atomic E-state index is 11.2. The molecule has 0 aromatic carbocycles. The summed E-state index contributed by atoms with van der Waals surface area (Å²) in [5, 5.41) is 3.92. The van der Waals surface area contributed by atoms with Crippen molar-refractivity contribution >= 4 is 40.0 Å². The van der Waals surface area contributed by atoms with Crippen molar-refractivity contribution in [2.24, 2.45) is 11.7 Å². The highest BCUT2D eigenvalue weighted by molar-refractivity contribution is 7.99. The smallest absolute Gasteiger partial charge is 0.255 e. The highest BCUT2D eigenvalue weighted by Gasteiger charge is 2.19. The normalized spacial score (nSPS) is 19.9. The molecule has 1 amide bonds. The van der Waals surface area contributed by atoms with Gasteiger partial charge in [-0.15, -0.1) is 0 Å². The first-order valence-corrected chi connectivity index (χ1v) is 6.98. The Bertz CT molecular complexity index is 387. The number of rotatable bonds is 4. The molecule has 7 heteroatoms. The molecule has 1 aliphatic rings. The van der Waals surface area contributed by atoms with Crippen LogP contribution in [-0.2, 0) is 0 Å². The number of anilines is 2. The Morgan fingerprint density at radius 1 is 1.62 bits per heavy atom. The summed E-state index contributed by atoms with van der Waals surface area (Å²) in [4.78, 5) is 11.2. The number of nitrogen functional groups attached to an aromatic ring is 1. The Morgan fingerprint density at radius 3 is 3.06 bits per heavy atom. The van der Waals surface area contributed by atoms with Gasteiger partial charge in [0.25, 0.3) is 5.91 Å². The molecule has 88 valence electrons. The van der Waals surface area contributed by atoms with Crippen LogP contribution in [0.4, 0.5) is 10.8 Å². The molecule has 1 saturated heterocycles. The second kappa shape index (κ2) is 4.92. The lowest BCUT2D eigenvalue weighted by Crippen LogP contribution is -2.17. The molecule has 1 aromatic rings. The van der Waals surface area contributed by atoms with Crippen molar-refractivity contribution in [3.8, 4) is 0 Å². The van der Waals surface area contributed by atoms with Crippen molar-refractivity contribution in [1.29, 1.82) is 0 Å². The number of primary amides is 1. The monoisotopic (exact) mass is 258 g/mol. The minimum atomic E-state index is -0.519. The molecule has 5 nitrogen and oxygen atoms in total. The molecule has 0 bridgehead atoms. The third-order valence-corrected chi connectivity index (χ3v) is 4.59. The number of nitrogens with zero attached hydrogens (tertiary/aromatic N) is 1. The van der Waals surface area contributed by atoms with Gasteiger partial charge in [-0.25, -0.2) is 0 Å². The van der Waals surface area contributed by atoms with Gasteiger partial charge in [-0.1, -0.05) is 0 Å². The van der Waals surface area contributed by atoms with E-state index >= 15 is 0 Å². The zero-order chi connectivity index (χ0) is 11.5. The summed E-state index contributed by atoms with van der Waals surface area (Å²) < 4.78 is 3.93. The van der Waals surface area contributed by atoms with E-state index in [1.165, 1.54) is 29.5 Å². The molecule has 0 saturated carbocycles. The van der Waals surface area contributed by atoms with Gasteiger partial charge >= 0.3 is 0 Å². The average Bonchev–Trinajstić information content (AvgIpc) is 2.83. The van der Waals surface area contributed by atoms with E-state index in [2.05, 4.69) is 9.69 Å². The van der Waals surface area contributed by atoms with E-state index in [4.69, 9.17) is 11.5 Å². The maximum Gasteiger partial charge on any atom is 0.255 e. The molecule has 1 fully saturated rings. The summed E-state index contributed by atoms with van der Waals surface area (Å²) in [5.74, 6) is 2.76. The zero-order valence-electron chi connectivity index (χ0n) is 8.73. The largest absolute Gasteiger partial charge is 0.382 e. The Labute approximate surface area is 102 Å². The zero-order valence-corrected chi connectivity index (χ0v) is 10.4. The lowest BCUT2D eigenvalue weighted by molar-refractivity contribution is 0.100. The fraction of sp³-hybridized carbons (Fsp3) is 0.556. The summed E-state index contributed by atoms with van der Waals surface area (Å²) in [5.41, 5.74) is 11.2. The van der Waals surface area contributed by atoms with Crippen LogP contribution >= 0.6 is 23.3 Å². The highest BCUT2D eigenvalue weighted by Crippen LogP contribution is 2.28. The molecule has 2 rings (SSSR count). The average molecular weight is 258 g/mol. The van der Waals surface area contributed by atoms with Gasteiger partial charge in [0, 0.05) is 6.54 Å². The molecule has 0 aliphatic carbocycles. The molecular weight excluding hydrogens is 244 g/mol. The fourth-order valence-electron chi connectivity index (χ4n) is 1.64. The van der Waals surface area contributed by atoms with E-state index in [-0.39, 0.29) is 5.82 Å². The van der Waals surface area contributed by atoms with E-state index in [1.54, 1.807) is 0 Å². The molecule has 2 heterocycles. The summed E-state index contributed by atoms with van der Waals surface area (Å²) >= 11 is 3.16. The summed E-state index contributed by atoms with van der Waals surface area (Å²) in [7, 11) is 0. The fourth-order valence-corrected chi connectivity index (χ4v) is 3.65. The summed E-state index contributed by atoms with van der Waals surface area (Å²) in [6, 6.07) is 0. The van der Waals surface area contributed by atoms with Crippen LogP contribution in [0.5, 0.6) is 0 Å². The number of thioether (sulfide) groups is 1. The first-order chi connectivity index (χ1) is 7.68. The van der Waals surface area contributed by atoms with Crippen LogP contribution < -0.4 is 16.8 Å². The van der Waals surface area contributed by atoms with Crippen LogP contribution in [0.25, 0.3) is 0 Å². The second-order valence-electron chi connectivity index (χ2n) is 3.75. The standard InChI is InChI=1S/C9H14N4OS2/c10-7-6(8(11)14)9(16-13-7)12-3-5-1-2-15-4-5/h5,12H,1-4H2,(H2,10,13)(H2,11,14). The molecule has 16 heavy (non-hydrogen) atoms. The summed E-state index contributed by atoms with van der Waals surface area (Å²) in [6.07, 6.45) is 1.22. The number of aromatic nitrogens is 1. The van der Waals surface area contributed by atoms with Crippen molar-refractivity contribution in [3.05, 3.63) is 5.56 Å². The Kier molecular flexibility index (Phi) is 3.55. The second-order valence-corrected chi connectivity index (χ2v) is 5.67. The topological polar surface area (TPSA) is 94.0 Å². The number of carbonyl (C=O) groups is 1. The molecule has 1 aromatic heterocycles. The number of nitrogens with one attached hydrogen (secondary N) is 1. The molecule has 1 unspecified atom stereocenters. The predicted octanol–water partition coefficient (Wildman–Crippen LogP) is 0.989. The van der Waals surface area contributed by atoms with Crippen LogP contribution in [0, 0.1) is 5.92 Å². The van der Waals surface area contributed by atoms with Gasteiger partial charge in [0.2, 0.25) is 0 Å². The molecule has 5 N–H and O–H groups in total. The third-order valence-electron chi connectivity index (χ3n) is 2.54. The van der Waals surface area contributed by atoms with Gasteiger partial charge in [0.05, 0.1) is 0 Å². The van der Waals surface area contributed by atoms with Crippen molar-refractivity contribution in [2.45, 2.75) is 6.42 Å². The van der Waals surface area contributed by atoms with Crippen molar-refractivity contribution in [2.75, 3.05) is 29.1 Å². The predicted molar refractivity (Wildman–Crippen MR) is 69.0 cm³/mol. The van der Waals surface area contributed by atoms with E-state index in [9.17, 15) is 4.79 Å². The highest BCUT2D eigenvalue weighted by atomic mass is 32.2. The van der Waals surface area contributed by atoms with Crippen LogP contribution in [0.15, 0.2) is 0 Å². The van der Waals surface area contributed by atoms with E-state index < -0.39 is 5.91 Å². The number of nitrogens with two attached hydrogens (primary N) is 2. The minimum Gasteiger partial charge on any atom is -0.382 e. The van der Waals surface area contributed by atoms with Crippen LogP contribution in [0.2, 0.25) is 0 Å². The van der Waals surface area contributed by atoms with Gasteiger partial charge in [0.15, 0.2) is 5.82 Å². The quantitative estimate of drug-likeness (QED) is 0.748. The first-order valence-electron chi connectivity index (χ1n) is 5.05. The SMILES string of the molecule is NC(=O)c1c(N)nsc1NCC1CCSC1. The van der Waals surface area contributed by atoms with Gasteiger partial charge in [0.1, 0.15) is 10.6 Å². The Morgan fingerprint density at radius 2 is 2.44 bits per heavy atom. The van der Waals surface area contributed by atoms with Gasteiger partial charge < -0.3 is 16.8 Å². The third kappa shape index (κ3) is 2.41. The van der Waals surface area contributed by atoms with Crippen molar-refractivity contribution in [3.63, 3.8) is 0 Å². The van der Waals surface area contributed by atoms with Crippen LogP contribution in [-0.4, -0.2) is 28.3 Å². The van der Waals surface area contributed by atoms with Crippen LogP contribution in [0.1, 0.15) is 16.8 Å². The Hall–Kier alpha value is -0.950. The van der Waals surface area contributed by atoms with E-state index in [0.717, 1.165) is 6.54 Å². The lowest BCUT2D eigenvalue weighted by Gasteiger charge is -2.09. The minimum absolute atomic E-state index is 0.223. The van der Waals surface area contributed by atoms with Crippen molar-refractivity contribution in [1.82, 2.24) is 4.37 Å². The number of hydrogen-bond donors (Lipinski definition) is 3. The maximum absolute atomic E-state index is 11.2. The summed E-state index contributed by atoms with van der Waals surface area (Å²) in [6.45, 7) is 0.856. The first kappa shape index (κ1) is 11.5. The van der Waals surface area contributed by atoms with Gasteiger partial charge in [-0.2, -0.15) is 16.1 Å².